The van der Waals surface area contributed by atoms with Gasteiger partial charge in [-0.3, -0.25) is 13.9 Å². The molecule has 1 unspecified atom stereocenters. The first kappa shape index (κ1) is 26.8. The van der Waals surface area contributed by atoms with E-state index in [9.17, 15) is 26.8 Å². The van der Waals surface area contributed by atoms with Crippen LogP contribution in [0.4, 0.5) is 14.5 Å². The summed E-state index contributed by atoms with van der Waals surface area (Å²) < 4.78 is 54.8. The molecule has 0 spiro atoms. The molecule has 3 rings (SSSR count). The summed E-state index contributed by atoms with van der Waals surface area (Å²) >= 11 is 0. The third-order valence-electron chi connectivity index (χ3n) is 5.62. The van der Waals surface area contributed by atoms with Crippen molar-refractivity contribution in [2.45, 2.75) is 19.0 Å². The average Bonchev–Trinajstić information content (AvgIpc) is 2.85. The number of para-hydroxylation sites is 1. The van der Waals surface area contributed by atoms with E-state index in [-0.39, 0.29) is 24.2 Å². The van der Waals surface area contributed by atoms with Gasteiger partial charge in [0.15, 0.2) is 0 Å². The van der Waals surface area contributed by atoms with Crippen molar-refractivity contribution in [2.24, 2.45) is 0 Å². The summed E-state index contributed by atoms with van der Waals surface area (Å²) in [6.45, 7) is -1.08. The molecule has 0 saturated heterocycles. The van der Waals surface area contributed by atoms with E-state index in [0.717, 1.165) is 22.8 Å². The molecule has 3 aromatic carbocycles. The number of rotatable bonds is 10. The SMILES string of the molecule is CNC(=O)C(Cc1ccccc1)N(Cc1ccccc1F)C(=O)CN(c1ccccc1F)S(C)(=O)=O. The molecule has 0 radical (unpaired) electrons. The van der Waals surface area contributed by atoms with E-state index in [2.05, 4.69) is 5.32 Å². The molecular formula is C26H27F2N3O4S. The quantitative estimate of drug-likeness (QED) is 0.450. The van der Waals surface area contributed by atoms with Gasteiger partial charge in [-0.25, -0.2) is 17.2 Å². The second-order valence-corrected chi connectivity index (χ2v) is 10.1. The molecule has 10 heteroatoms. The maximum atomic E-state index is 14.6. The summed E-state index contributed by atoms with van der Waals surface area (Å²) in [6.07, 6.45) is 0.952. The Kier molecular flexibility index (Phi) is 8.76. The number of likely N-dealkylation sites (N-methyl/N-ethyl adjacent to an activating group) is 1. The van der Waals surface area contributed by atoms with Crippen molar-refractivity contribution < 1.29 is 26.8 Å². The summed E-state index contributed by atoms with van der Waals surface area (Å²) in [5.41, 5.74) is 0.579. The van der Waals surface area contributed by atoms with Gasteiger partial charge in [0.25, 0.3) is 0 Å². The Labute approximate surface area is 209 Å². The first-order valence-corrected chi connectivity index (χ1v) is 13.0. The van der Waals surface area contributed by atoms with Crippen molar-refractivity contribution in [1.29, 1.82) is 0 Å². The number of halogens is 2. The lowest BCUT2D eigenvalue weighted by molar-refractivity contribution is -0.139. The molecule has 36 heavy (non-hydrogen) atoms. The minimum atomic E-state index is -4.09. The minimum absolute atomic E-state index is 0.0965. The summed E-state index contributed by atoms with van der Waals surface area (Å²) in [4.78, 5) is 27.7. The van der Waals surface area contributed by atoms with Crippen LogP contribution in [-0.2, 0) is 32.6 Å². The highest BCUT2D eigenvalue weighted by molar-refractivity contribution is 7.92. The van der Waals surface area contributed by atoms with Crippen LogP contribution in [0.2, 0.25) is 0 Å². The van der Waals surface area contributed by atoms with Crippen molar-refractivity contribution >= 4 is 27.5 Å². The van der Waals surface area contributed by atoms with E-state index in [1.54, 1.807) is 36.4 Å². The van der Waals surface area contributed by atoms with Crippen LogP contribution < -0.4 is 9.62 Å². The predicted molar refractivity (Wildman–Crippen MR) is 134 cm³/mol. The lowest BCUT2D eigenvalue weighted by Crippen LogP contribution is -2.53. The van der Waals surface area contributed by atoms with E-state index in [1.807, 2.05) is 0 Å². The fraction of sp³-hybridized carbons (Fsp3) is 0.231. The number of hydrogen-bond donors (Lipinski definition) is 1. The van der Waals surface area contributed by atoms with Crippen LogP contribution in [-0.4, -0.2) is 51.0 Å². The Balaban J connectivity index is 2.05. The van der Waals surface area contributed by atoms with E-state index in [0.29, 0.717) is 4.31 Å². The van der Waals surface area contributed by atoms with Crippen LogP contribution in [0.5, 0.6) is 0 Å². The van der Waals surface area contributed by atoms with Gasteiger partial charge in [-0.2, -0.15) is 0 Å². The molecular weight excluding hydrogens is 488 g/mol. The fourth-order valence-corrected chi connectivity index (χ4v) is 4.63. The molecule has 0 aliphatic rings. The van der Waals surface area contributed by atoms with Crippen molar-refractivity contribution in [2.75, 3.05) is 24.2 Å². The van der Waals surface area contributed by atoms with Gasteiger partial charge in [0.05, 0.1) is 11.9 Å². The van der Waals surface area contributed by atoms with Crippen molar-refractivity contribution in [1.82, 2.24) is 10.2 Å². The summed E-state index contributed by atoms with van der Waals surface area (Å²) in [5.74, 6) is -2.72. The summed E-state index contributed by atoms with van der Waals surface area (Å²) in [7, 11) is -2.68. The molecule has 0 aromatic heterocycles. The van der Waals surface area contributed by atoms with E-state index >= 15 is 0 Å². The number of nitrogens with one attached hydrogen (secondary N) is 1. The van der Waals surface area contributed by atoms with Crippen LogP contribution in [0.15, 0.2) is 78.9 Å². The molecule has 0 aliphatic heterocycles. The summed E-state index contributed by atoms with van der Waals surface area (Å²) in [6, 6.07) is 18.8. The number of sulfonamides is 1. The molecule has 7 nitrogen and oxygen atoms in total. The second-order valence-electron chi connectivity index (χ2n) is 8.15. The third-order valence-corrected chi connectivity index (χ3v) is 6.74. The third kappa shape index (κ3) is 6.66. The van der Waals surface area contributed by atoms with Crippen LogP contribution in [0.3, 0.4) is 0 Å². The lowest BCUT2D eigenvalue weighted by atomic mass is 10.0. The molecule has 0 aliphatic carbocycles. The first-order chi connectivity index (χ1) is 17.1. The van der Waals surface area contributed by atoms with Gasteiger partial charge in [-0.15, -0.1) is 0 Å². The van der Waals surface area contributed by atoms with Crippen LogP contribution in [0.25, 0.3) is 0 Å². The fourth-order valence-electron chi connectivity index (χ4n) is 3.78. The first-order valence-electron chi connectivity index (χ1n) is 11.1. The molecule has 1 atom stereocenters. The van der Waals surface area contributed by atoms with Gasteiger partial charge >= 0.3 is 0 Å². The highest BCUT2D eigenvalue weighted by Crippen LogP contribution is 2.23. The zero-order valence-electron chi connectivity index (χ0n) is 19.9. The molecule has 0 heterocycles. The molecule has 0 bridgehead atoms. The van der Waals surface area contributed by atoms with E-state index < -0.39 is 46.1 Å². The minimum Gasteiger partial charge on any atom is -0.357 e. The Morgan fingerprint density at radius 3 is 2.06 bits per heavy atom. The van der Waals surface area contributed by atoms with Crippen LogP contribution >= 0.6 is 0 Å². The smallest absolute Gasteiger partial charge is 0.244 e. The predicted octanol–water partition coefficient (Wildman–Crippen LogP) is 3.12. The van der Waals surface area contributed by atoms with Gasteiger partial charge < -0.3 is 10.2 Å². The largest absolute Gasteiger partial charge is 0.357 e. The molecule has 0 saturated carbocycles. The van der Waals surface area contributed by atoms with Crippen molar-refractivity contribution in [3.05, 3.63) is 102 Å². The van der Waals surface area contributed by atoms with E-state index in [4.69, 9.17) is 0 Å². The maximum Gasteiger partial charge on any atom is 0.244 e. The average molecular weight is 516 g/mol. The van der Waals surface area contributed by atoms with Gasteiger partial charge in [0, 0.05) is 25.6 Å². The zero-order chi connectivity index (χ0) is 26.3. The Bertz CT molecular complexity index is 1320. The molecule has 2 amide bonds. The highest BCUT2D eigenvalue weighted by Gasteiger charge is 2.33. The number of nitrogens with zero attached hydrogens (tertiary/aromatic N) is 2. The van der Waals surface area contributed by atoms with Crippen molar-refractivity contribution in [3.8, 4) is 0 Å². The van der Waals surface area contributed by atoms with Crippen LogP contribution in [0.1, 0.15) is 11.1 Å². The number of carbonyl (C=O) groups excluding carboxylic acids is 2. The standard InChI is InChI=1S/C26H27F2N3O4S/c1-29-26(33)24(16-19-10-4-3-5-11-19)30(17-20-12-6-7-13-21(20)27)25(32)18-31(36(2,34)35)23-15-9-8-14-22(23)28/h3-15,24H,16-18H2,1-2H3,(H,29,33). The van der Waals surface area contributed by atoms with Gasteiger partial charge in [0.2, 0.25) is 21.8 Å². The monoisotopic (exact) mass is 515 g/mol. The second kappa shape index (κ2) is 11.8. The number of amides is 2. The van der Waals surface area contributed by atoms with Gasteiger partial charge in [-0.05, 0) is 23.8 Å². The Morgan fingerprint density at radius 1 is 0.889 bits per heavy atom. The Morgan fingerprint density at radius 2 is 1.47 bits per heavy atom. The number of hydrogen-bond acceptors (Lipinski definition) is 4. The number of anilines is 1. The normalized spacial score (nSPS) is 12.0. The zero-order valence-corrected chi connectivity index (χ0v) is 20.7. The Hall–Kier alpha value is -3.79. The number of carbonyl (C=O) groups is 2. The molecule has 190 valence electrons. The number of benzene rings is 3. The topological polar surface area (TPSA) is 86.8 Å². The molecule has 3 aromatic rings. The highest BCUT2D eigenvalue weighted by atomic mass is 32.2. The van der Waals surface area contributed by atoms with Crippen molar-refractivity contribution in [3.63, 3.8) is 0 Å². The van der Waals surface area contributed by atoms with Gasteiger partial charge in [-0.1, -0.05) is 60.7 Å². The molecule has 0 fully saturated rings. The molecule has 1 N–H and O–H groups in total. The van der Waals surface area contributed by atoms with Gasteiger partial charge in [0.1, 0.15) is 24.2 Å². The maximum absolute atomic E-state index is 14.6. The van der Waals surface area contributed by atoms with E-state index in [1.165, 1.54) is 43.4 Å². The van der Waals surface area contributed by atoms with Crippen LogP contribution in [0, 0.1) is 11.6 Å². The summed E-state index contributed by atoms with van der Waals surface area (Å²) in [5, 5.41) is 2.53. The lowest BCUT2D eigenvalue weighted by Gasteiger charge is -2.33.